The van der Waals surface area contributed by atoms with Crippen molar-refractivity contribution in [3.8, 4) is 0 Å². The Bertz CT molecular complexity index is 427. The van der Waals surface area contributed by atoms with Gasteiger partial charge in [-0.25, -0.2) is 0 Å². The number of halogens is 1. The molecule has 0 heterocycles. The minimum absolute atomic E-state index is 0. The Kier molecular flexibility index (Phi) is 6.50. The first-order chi connectivity index (χ1) is 9.10. The first-order valence-corrected chi connectivity index (χ1v) is 7.18. The predicted molar refractivity (Wildman–Crippen MR) is 84.9 cm³/mol. The lowest BCUT2D eigenvalue weighted by molar-refractivity contribution is -0.120. The van der Waals surface area contributed by atoms with Gasteiger partial charge in [-0.05, 0) is 42.2 Å². The Labute approximate surface area is 127 Å². The summed E-state index contributed by atoms with van der Waals surface area (Å²) in [4.78, 5) is 11.5. The molecular formula is C16H25ClN2O. The van der Waals surface area contributed by atoms with Crippen LogP contribution in [0.2, 0.25) is 0 Å². The molecule has 1 aromatic carbocycles. The van der Waals surface area contributed by atoms with E-state index in [-0.39, 0.29) is 30.9 Å². The van der Waals surface area contributed by atoms with Gasteiger partial charge in [0.15, 0.2) is 0 Å². The second-order valence-electron chi connectivity index (χ2n) is 5.93. The van der Waals surface area contributed by atoms with Gasteiger partial charge in [-0.1, -0.05) is 38.1 Å². The number of nitrogens with two attached hydrogens (primary N) is 1. The highest BCUT2D eigenvalue weighted by Crippen LogP contribution is 2.41. The standard InChI is InChI=1S/C16H24N2O.ClH/c1-11(2)9-12-3-5-13(6-4-12)16(14-7-8-14)18-15(19)10-17;/h3-6,11,14,16H,7-10,17H2,1-2H3,(H,18,19);1H. The average Bonchev–Trinajstić information content (AvgIpc) is 3.20. The molecule has 0 radical (unpaired) electrons. The molecule has 3 nitrogen and oxygen atoms in total. The van der Waals surface area contributed by atoms with Crippen LogP contribution in [-0.2, 0) is 11.2 Å². The summed E-state index contributed by atoms with van der Waals surface area (Å²) < 4.78 is 0. The van der Waals surface area contributed by atoms with Crippen molar-refractivity contribution in [2.75, 3.05) is 6.54 Å². The predicted octanol–water partition coefficient (Wildman–Crippen LogP) is 2.83. The van der Waals surface area contributed by atoms with E-state index in [0.29, 0.717) is 11.8 Å². The molecule has 0 spiro atoms. The molecule has 1 saturated carbocycles. The van der Waals surface area contributed by atoms with Gasteiger partial charge in [0.05, 0.1) is 12.6 Å². The van der Waals surface area contributed by atoms with Gasteiger partial charge in [-0.2, -0.15) is 0 Å². The third-order valence-corrected chi connectivity index (χ3v) is 3.58. The van der Waals surface area contributed by atoms with Gasteiger partial charge in [0, 0.05) is 0 Å². The van der Waals surface area contributed by atoms with Gasteiger partial charge in [0.25, 0.3) is 0 Å². The van der Waals surface area contributed by atoms with E-state index >= 15 is 0 Å². The van der Waals surface area contributed by atoms with Crippen LogP contribution in [0, 0.1) is 11.8 Å². The number of nitrogens with one attached hydrogen (secondary N) is 1. The molecule has 0 saturated heterocycles. The maximum atomic E-state index is 11.5. The number of hydrogen-bond donors (Lipinski definition) is 2. The Morgan fingerprint density at radius 2 is 1.90 bits per heavy atom. The number of rotatable bonds is 6. The average molecular weight is 297 g/mol. The zero-order valence-corrected chi connectivity index (χ0v) is 13.1. The minimum Gasteiger partial charge on any atom is -0.348 e. The summed E-state index contributed by atoms with van der Waals surface area (Å²) in [5.74, 6) is 1.19. The highest BCUT2D eigenvalue weighted by atomic mass is 35.5. The first kappa shape index (κ1) is 17.0. The summed E-state index contributed by atoms with van der Waals surface area (Å²) in [6, 6.07) is 8.80. The topological polar surface area (TPSA) is 55.1 Å². The monoisotopic (exact) mass is 296 g/mol. The molecule has 1 amide bonds. The summed E-state index contributed by atoms with van der Waals surface area (Å²) in [5.41, 5.74) is 7.95. The molecule has 0 bridgehead atoms. The number of benzene rings is 1. The highest BCUT2D eigenvalue weighted by molar-refractivity contribution is 5.85. The Balaban J connectivity index is 0.00000200. The Hall–Kier alpha value is -1.06. The summed E-state index contributed by atoms with van der Waals surface area (Å²) >= 11 is 0. The van der Waals surface area contributed by atoms with Crippen LogP contribution in [0.15, 0.2) is 24.3 Å². The lowest BCUT2D eigenvalue weighted by atomic mass is 9.97. The molecule has 3 N–H and O–H groups in total. The summed E-state index contributed by atoms with van der Waals surface area (Å²) in [7, 11) is 0. The molecule has 4 heteroatoms. The molecule has 1 aliphatic carbocycles. The quantitative estimate of drug-likeness (QED) is 0.848. The fraction of sp³-hybridized carbons (Fsp3) is 0.562. The Morgan fingerprint density at radius 1 is 1.30 bits per heavy atom. The van der Waals surface area contributed by atoms with Crippen LogP contribution in [0.1, 0.15) is 43.9 Å². The van der Waals surface area contributed by atoms with Crippen molar-refractivity contribution in [2.45, 2.75) is 39.2 Å². The van der Waals surface area contributed by atoms with E-state index in [0.717, 1.165) is 6.42 Å². The van der Waals surface area contributed by atoms with Crippen LogP contribution in [0.4, 0.5) is 0 Å². The number of carbonyl (C=O) groups excluding carboxylic acids is 1. The van der Waals surface area contributed by atoms with Crippen molar-refractivity contribution >= 4 is 18.3 Å². The minimum atomic E-state index is -0.0665. The van der Waals surface area contributed by atoms with Gasteiger partial charge in [-0.3, -0.25) is 4.79 Å². The number of amides is 1. The SMILES string of the molecule is CC(C)Cc1ccc(C(NC(=O)CN)C2CC2)cc1.Cl. The molecule has 0 aromatic heterocycles. The molecule has 1 atom stereocenters. The van der Waals surface area contributed by atoms with E-state index in [4.69, 9.17) is 5.73 Å². The lowest BCUT2D eigenvalue weighted by Gasteiger charge is -2.19. The van der Waals surface area contributed by atoms with E-state index in [1.165, 1.54) is 24.0 Å². The van der Waals surface area contributed by atoms with Crippen molar-refractivity contribution in [2.24, 2.45) is 17.6 Å². The molecule has 1 aliphatic rings. The smallest absolute Gasteiger partial charge is 0.234 e. The van der Waals surface area contributed by atoms with Gasteiger partial charge < -0.3 is 11.1 Å². The fourth-order valence-electron chi connectivity index (χ4n) is 2.47. The maximum absolute atomic E-state index is 11.5. The zero-order chi connectivity index (χ0) is 13.8. The first-order valence-electron chi connectivity index (χ1n) is 7.18. The summed E-state index contributed by atoms with van der Waals surface area (Å²) in [6.45, 7) is 4.51. The molecule has 112 valence electrons. The van der Waals surface area contributed by atoms with Crippen LogP contribution in [-0.4, -0.2) is 12.5 Å². The van der Waals surface area contributed by atoms with Gasteiger partial charge in [-0.15, -0.1) is 12.4 Å². The van der Waals surface area contributed by atoms with Crippen molar-refractivity contribution < 1.29 is 4.79 Å². The largest absolute Gasteiger partial charge is 0.348 e. The van der Waals surface area contributed by atoms with Gasteiger partial charge in [0.2, 0.25) is 5.91 Å². The van der Waals surface area contributed by atoms with Gasteiger partial charge in [0.1, 0.15) is 0 Å². The Morgan fingerprint density at radius 3 is 2.35 bits per heavy atom. The molecule has 1 unspecified atom stereocenters. The van der Waals surface area contributed by atoms with Crippen molar-refractivity contribution in [3.63, 3.8) is 0 Å². The lowest BCUT2D eigenvalue weighted by Crippen LogP contribution is -2.34. The molecule has 20 heavy (non-hydrogen) atoms. The highest BCUT2D eigenvalue weighted by Gasteiger charge is 2.33. The third-order valence-electron chi connectivity index (χ3n) is 3.58. The molecule has 0 aliphatic heterocycles. The van der Waals surface area contributed by atoms with Crippen LogP contribution in [0.25, 0.3) is 0 Å². The van der Waals surface area contributed by atoms with Crippen LogP contribution in [0.5, 0.6) is 0 Å². The van der Waals surface area contributed by atoms with Crippen molar-refractivity contribution in [3.05, 3.63) is 35.4 Å². The summed E-state index contributed by atoms with van der Waals surface area (Å²) in [6.07, 6.45) is 3.50. The molecule has 1 fully saturated rings. The van der Waals surface area contributed by atoms with E-state index in [1.54, 1.807) is 0 Å². The van der Waals surface area contributed by atoms with E-state index in [2.05, 4.69) is 43.4 Å². The maximum Gasteiger partial charge on any atom is 0.234 e. The molecule has 1 aromatic rings. The van der Waals surface area contributed by atoms with E-state index < -0.39 is 0 Å². The summed E-state index contributed by atoms with van der Waals surface area (Å²) in [5, 5.41) is 3.04. The van der Waals surface area contributed by atoms with E-state index in [1.807, 2.05) is 0 Å². The van der Waals surface area contributed by atoms with Crippen LogP contribution < -0.4 is 11.1 Å². The molecule has 2 rings (SSSR count). The van der Waals surface area contributed by atoms with Crippen LogP contribution in [0.3, 0.4) is 0 Å². The van der Waals surface area contributed by atoms with Crippen molar-refractivity contribution in [1.29, 1.82) is 0 Å². The second kappa shape index (κ2) is 7.65. The van der Waals surface area contributed by atoms with Gasteiger partial charge >= 0.3 is 0 Å². The van der Waals surface area contributed by atoms with Crippen LogP contribution >= 0.6 is 12.4 Å². The zero-order valence-electron chi connectivity index (χ0n) is 12.3. The number of carbonyl (C=O) groups is 1. The number of hydrogen-bond acceptors (Lipinski definition) is 2. The molecular weight excluding hydrogens is 272 g/mol. The third kappa shape index (κ3) is 4.80. The van der Waals surface area contributed by atoms with Crippen molar-refractivity contribution in [1.82, 2.24) is 5.32 Å². The normalized spacial score (nSPS) is 15.6. The fourth-order valence-corrected chi connectivity index (χ4v) is 2.47. The second-order valence-corrected chi connectivity index (χ2v) is 5.93. The van der Waals surface area contributed by atoms with E-state index in [9.17, 15) is 4.79 Å².